The number of aromatic nitrogens is 2. The molecular formula is C10H15BrN4O. The normalized spacial score (nSPS) is 21.2. The molecule has 88 valence electrons. The maximum atomic E-state index is 11.6. The van der Waals surface area contributed by atoms with E-state index in [0.717, 1.165) is 25.9 Å². The predicted octanol–water partition coefficient (Wildman–Crippen LogP) is 0.768. The lowest BCUT2D eigenvalue weighted by molar-refractivity contribution is 0.499. The summed E-state index contributed by atoms with van der Waals surface area (Å²) in [5.41, 5.74) is 6.47. The van der Waals surface area contributed by atoms with Gasteiger partial charge in [-0.3, -0.25) is 9.78 Å². The largest absolute Gasteiger partial charge is 0.341 e. The lowest BCUT2D eigenvalue weighted by atomic mass is 10.1. The molecule has 0 amide bonds. The molecule has 6 heteroatoms. The van der Waals surface area contributed by atoms with Crippen molar-refractivity contribution in [2.45, 2.75) is 25.8 Å². The fraction of sp³-hybridized carbons (Fsp3) is 0.600. The van der Waals surface area contributed by atoms with E-state index in [1.54, 1.807) is 0 Å². The Labute approximate surface area is 102 Å². The van der Waals surface area contributed by atoms with Crippen molar-refractivity contribution in [2.75, 3.05) is 18.0 Å². The quantitative estimate of drug-likeness (QED) is 0.800. The summed E-state index contributed by atoms with van der Waals surface area (Å²) in [6.45, 7) is 3.47. The number of halogens is 1. The zero-order valence-electron chi connectivity index (χ0n) is 9.16. The first-order chi connectivity index (χ1) is 7.58. The lowest BCUT2D eigenvalue weighted by Crippen LogP contribution is -2.44. The number of H-pyrrole nitrogens is 1. The molecule has 1 aliphatic heterocycles. The number of aromatic amines is 1. The van der Waals surface area contributed by atoms with E-state index in [-0.39, 0.29) is 11.6 Å². The molecule has 1 fully saturated rings. The molecule has 0 aromatic carbocycles. The number of piperidine rings is 1. The SMILES string of the molecule is Cc1nc(N2CCC[C@@H](N)C2)[nH]c(=O)c1Br. The second-order valence-corrected chi connectivity index (χ2v) is 4.93. The number of nitrogens with one attached hydrogen (secondary N) is 1. The minimum absolute atomic E-state index is 0.137. The topological polar surface area (TPSA) is 75.0 Å². The van der Waals surface area contributed by atoms with E-state index in [2.05, 4.69) is 25.9 Å². The molecular weight excluding hydrogens is 272 g/mol. The molecule has 2 rings (SSSR count). The van der Waals surface area contributed by atoms with Gasteiger partial charge in [0.2, 0.25) is 5.95 Å². The van der Waals surface area contributed by atoms with E-state index >= 15 is 0 Å². The smallest absolute Gasteiger partial charge is 0.266 e. The third kappa shape index (κ3) is 2.27. The Hall–Kier alpha value is -0.880. The molecule has 5 nitrogen and oxygen atoms in total. The van der Waals surface area contributed by atoms with Crippen molar-refractivity contribution in [3.8, 4) is 0 Å². The van der Waals surface area contributed by atoms with Crippen LogP contribution in [0.1, 0.15) is 18.5 Å². The summed E-state index contributed by atoms with van der Waals surface area (Å²) in [6, 6.07) is 0.169. The third-order valence-electron chi connectivity index (χ3n) is 2.77. The minimum Gasteiger partial charge on any atom is -0.341 e. The van der Waals surface area contributed by atoms with Gasteiger partial charge in [0, 0.05) is 19.1 Å². The molecule has 0 bridgehead atoms. The summed E-state index contributed by atoms with van der Waals surface area (Å²) < 4.78 is 0.498. The number of hydrogen-bond acceptors (Lipinski definition) is 4. The van der Waals surface area contributed by atoms with E-state index in [1.807, 2.05) is 11.8 Å². The summed E-state index contributed by atoms with van der Waals surface area (Å²) in [6.07, 6.45) is 2.08. The van der Waals surface area contributed by atoms with Gasteiger partial charge in [-0.2, -0.15) is 0 Å². The van der Waals surface area contributed by atoms with Crippen LogP contribution in [-0.2, 0) is 0 Å². The molecule has 1 aromatic heterocycles. The monoisotopic (exact) mass is 286 g/mol. The number of nitrogens with two attached hydrogens (primary N) is 1. The van der Waals surface area contributed by atoms with Crippen molar-refractivity contribution in [3.63, 3.8) is 0 Å². The van der Waals surface area contributed by atoms with Gasteiger partial charge < -0.3 is 10.6 Å². The average molecular weight is 287 g/mol. The Morgan fingerprint density at radius 3 is 3.00 bits per heavy atom. The second kappa shape index (κ2) is 4.55. The van der Waals surface area contributed by atoms with E-state index < -0.39 is 0 Å². The van der Waals surface area contributed by atoms with Crippen molar-refractivity contribution < 1.29 is 0 Å². The molecule has 3 N–H and O–H groups in total. The lowest BCUT2D eigenvalue weighted by Gasteiger charge is -2.31. The van der Waals surface area contributed by atoms with Crippen LogP contribution in [0.4, 0.5) is 5.95 Å². The van der Waals surface area contributed by atoms with Gasteiger partial charge in [-0.05, 0) is 35.7 Å². The van der Waals surface area contributed by atoms with E-state index in [4.69, 9.17) is 5.73 Å². The van der Waals surface area contributed by atoms with E-state index in [9.17, 15) is 4.79 Å². The average Bonchev–Trinajstić information content (AvgIpc) is 2.25. The van der Waals surface area contributed by atoms with Crippen LogP contribution in [0, 0.1) is 6.92 Å². The minimum atomic E-state index is -0.137. The van der Waals surface area contributed by atoms with Crippen molar-refractivity contribution >= 4 is 21.9 Å². The third-order valence-corrected chi connectivity index (χ3v) is 3.71. The molecule has 1 saturated heterocycles. The molecule has 2 heterocycles. The zero-order valence-corrected chi connectivity index (χ0v) is 10.7. The van der Waals surface area contributed by atoms with Crippen LogP contribution >= 0.6 is 15.9 Å². The molecule has 1 atom stereocenters. The standard InChI is InChI=1S/C10H15BrN4O/c1-6-8(11)9(16)14-10(13-6)15-4-2-3-7(12)5-15/h7H,2-5,12H2,1H3,(H,13,14,16)/t7-/m1/s1. The molecule has 1 aliphatic rings. The van der Waals surface area contributed by atoms with Gasteiger partial charge in [0.15, 0.2) is 0 Å². The van der Waals surface area contributed by atoms with Crippen molar-refractivity contribution in [1.29, 1.82) is 0 Å². The Bertz CT molecular complexity index is 445. The Kier molecular flexibility index (Phi) is 3.30. The fourth-order valence-electron chi connectivity index (χ4n) is 1.91. The molecule has 16 heavy (non-hydrogen) atoms. The maximum absolute atomic E-state index is 11.6. The van der Waals surface area contributed by atoms with Crippen molar-refractivity contribution in [2.24, 2.45) is 5.73 Å². The molecule has 1 aromatic rings. The highest BCUT2D eigenvalue weighted by molar-refractivity contribution is 9.10. The first kappa shape index (κ1) is 11.6. The van der Waals surface area contributed by atoms with Crippen LogP contribution in [0.2, 0.25) is 0 Å². The summed E-state index contributed by atoms with van der Waals surface area (Å²) in [7, 11) is 0. The van der Waals surface area contributed by atoms with Gasteiger partial charge in [-0.15, -0.1) is 0 Å². The van der Waals surface area contributed by atoms with Crippen LogP contribution in [0.15, 0.2) is 9.27 Å². The van der Waals surface area contributed by atoms with Crippen LogP contribution in [-0.4, -0.2) is 29.1 Å². The van der Waals surface area contributed by atoms with Crippen LogP contribution in [0.3, 0.4) is 0 Å². The van der Waals surface area contributed by atoms with Crippen molar-refractivity contribution in [1.82, 2.24) is 9.97 Å². The van der Waals surface area contributed by atoms with E-state index in [0.29, 0.717) is 16.1 Å². The van der Waals surface area contributed by atoms with Gasteiger partial charge >= 0.3 is 0 Å². The number of hydrogen-bond donors (Lipinski definition) is 2. The molecule has 0 radical (unpaired) electrons. The molecule has 0 aliphatic carbocycles. The summed E-state index contributed by atoms with van der Waals surface area (Å²) in [5, 5.41) is 0. The van der Waals surface area contributed by atoms with Crippen LogP contribution in [0.25, 0.3) is 0 Å². The Morgan fingerprint density at radius 2 is 2.38 bits per heavy atom. The van der Waals surface area contributed by atoms with Crippen molar-refractivity contribution in [3.05, 3.63) is 20.5 Å². The first-order valence-electron chi connectivity index (χ1n) is 5.35. The van der Waals surface area contributed by atoms with Gasteiger partial charge in [0.05, 0.1) is 5.69 Å². The maximum Gasteiger partial charge on any atom is 0.266 e. The Morgan fingerprint density at radius 1 is 1.62 bits per heavy atom. The molecule has 0 saturated carbocycles. The summed E-state index contributed by atoms with van der Waals surface area (Å²) >= 11 is 3.20. The number of aryl methyl sites for hydroxylation is 1. The first-order valence-corrected chi connectivity index (χ1v) is 6.14. The number of anilines is 1. The predicted molar refractivity (Wildman–Crippen MR) is 66.7 cm³/mol. The fourth-order valence-corrected chi connectivity index (χ4v) is 2.10. The number of rotatable bonds is 1. The van der Waals surface area contributed by atoms with E-state index in [1.165, 1.54) is 0 Å². The van der Waals surface area contributed by atoms with Gasteiger partial charge in [0.1, 0.15) is 4.47 Å². The van der Waals surface area contributed by atoms with Crippen LogP contribution < -0.4 is 16.2 Å². The highest BCUT2D eigenvalue weighted by atomic mass is 79.9. The summed E-state index contributed by atoms with van der Waals surface area (Å²) in [4.78, 5) is 20.7. The zero-order chi connectivity index (χ0) is 11.7. The molecule has 0 spiro atoms. The molecule has 0 unspecified atom stereocenters. The summed E-state index contributed by atoms with van der Waals surface area (Å²) in [5.74, 6) is 0.626. The number of nitrogens with zero attached hydrogens (tertiary/aromatic N) is 2. The van der Waals surface area contributed by atoms with Crippen LogP contribution in [0.5, 0.6) is 0 Å². The highest BCUT2D eigenvalue weighted by Crippen LogP contribution is 2.16. The highest BCUT2D eigenvalue weighted by Gasteiger charge is 2.19. The van der Waals surface area contributed by atoms with Gasteiger partial charge in [-0.25, -0.2) is 4.98 Å². The Balaban J connectivity index is 2.30. The second-order valence-electron chi connectivity index (χ2n) is 4.14. The van der Waals surface area contributed by atoms with Gasteiger partial charge in [0.25, 0.3) is 5.56 Å². The van der Waals surface area contributed by atoms with Gasteiger partial charge in [-0.1, -0.05) is 0 Å².